The van der Waals surface area contributed by atoms with Crippen molar-refractivity contribution in [2.24, 2.45) is 0 Å². The zero-order chi connectivity index (χ0) is 21.8. The fourth-order valence-electron chi connectivity index (χ4n) is 2.73. The van der Waals surface area contributed by atoms with Crippen LogP contribution in [-0.4, -0.2) is 5.91 Å². The fourth-order valence-corrected chi connectivity index (χ4v) is 3.46. The molecule has 0 aliphatic carbocycles. The number of thiol groups is 1. The SMILES string of the molecule is Cc1ccc(CC(=O)Nc2ccc(S)cc2Cl)c(F)c1Oc1cc(Cl)cc(C#N)c1. The van der Waals surface area contributed by atoms with Crippen molar-refractivity contribution in [2.45, 2.75) is 18.2 Å². The summed E-state index contributed by atoms with van der Waals surface area (Å²) in [5, 5.41) is 12.3. The Morgan fingerprint density at radius 2 is 1.97 bits per heavy atom. The van der Waals surface area contributed by atoms with E-state index in [0.717, 1.165) is 0 Å². The van der Waals surface area contributed by atoms with Gasteiger partial charge in [0.1, 0.15) is 5.75 Å². The Balaban J connectivity index is 1.83. The number of hydrogen-bond donors (Lipinski definition) is 2. The van der Waals surface area contributed by atoms with Gasteiger partial charge in [0.05, 0.1) is 28.8 Å². The van der Waals surface area contributed by atoms with Crippen LogP contribution in [0, 0.1) is 24.1 Å². The van der Waals surface area contributed by atoms with Gasteiger partial charge >= 0.3 is 0 Å². The number of rotatable bonds is 5. The normalized spacial score (nSPS) is 10.4. The summed E-state index contributed by atoms with van der Waals surface area (Å²) < 4.78 is 20.8. The average Bonchev–Trinajstić information content (AvgIpc) is 2.69. The molecule has 0 aliphatic heterocycles. The van der Waals surface area contributed by atoms with Gasteiger partial charge in [0.2, 0.25) is 5.91 Å². The maximum atomic E-state index is 15.1. The second kappa shape index (κ2) is 9.40. The zero-order valence-electron chi connectivity index (χ0n) is 15.7. The number of hydrogen-bond acceptors (Lipinski definition) is 4. The molecule has 3 rings (SSSR count). The minimum absolute atomic E-state index is 0.0380. The van der Waals surface area contributed by atoms with Crippen LogP contribution in [0.3, 0.4) is 0 Å². The minimum Gasteiger partial charge on any atom is -0.454 e. The van der Waals surface area contributed by atoms with E-state index in [9.17, 15) is 4.79 Å². The first-order valence-electron chi connectivity index (χ1n) is 8.71. The molecule has 0 heterocycles. The molecule has 3 aromatic rings. The molecule has 1 N–H and O–H groups in total. The highest BCUT2D eigenvalue weighted by molar-refractivity contribution is 7.80. The molecule has 8 heteroatoms. The van der Waals surface area contributed by atoms with E-state index in [1.807, 2.05) is 6.07 Å². The van der Waals surface area contributed by atoms with Crippen LogP contribution in [-0.2, 0) is 11.2 Å². The van der Waals surface area contributed by atoms with Crippen molar-refractivity contribution in [3.05, 3.63) is 81.1 Å². The Bertz CT molecular complexity index is 1180. The van der Waals surface area contributed by atoms with Crippen molar-refractivity contribution in [1.82, 2.24) is 0 Å². The zero-order valence-corrected chi connectivity index (χ0v) is 18.1. The van der Waals surface area contributed by atoms with E-state index in [0.29, 0.717) is 26.2 Å². The number of nitrogens with zero attached hydrogens (tertiary/aromatic N) is 1. The van der Waals surface area contributed by atoms with E-state index in [4.69, 9.17) is 33.2 Å². The molecule has 3 aromatic carbocycles. The van der Waals surface area contributed by atoms with E-state index in [-0.39, 0.29) is 29.0 Å². The van der Waals surface area contributed by atoms with Crippen molar-refractivity contribution in [2.75, 3.05) is 5.32 Å². The summed E-state index contributed by atoms with van der Waals surface area (Å²) in [4.78, 5) is 13.1. The predicted molar refractivity (Wildman–Crippen MR) is 118 cm³/mol. The van der Waals surface area contributed by atoms with Crippen molar-refractivity contribution < 1.29 is 13.9 Å². The highest BCUT2D eigenvalue weighted by Gasteiger charge is 2.17. The summed E-state index contributed by atoms with van der Waals surface area (Å²) in [6.07, 6.45) is -0.222. The van der Waals surface area contributed by atoms with Crippen molar-refractivity contribution in [3.8, 4) is 17.6 Å². The van der Waals surface area contributed by atoms with Crippen LogP contribution in [0.15, 0.2) is 53.4 Å². The summed E-state index contributed by atoms with van der Waals surface area (Å²) in [7, 11) is 0. The molecule has 0 saturated heterocycles. The first kappa shape index (κ1) is 22.0. The second-order valence-electron chi connectivity index (χ2n) is 6.46. The van der Waals surface area contributed by atoms with Crippen molar-refractivity contribution >= 4 is 47.4 Å². The van der Waals surface area contributed by atoms with Gasteiger partial charge in [-0.3, -0.25) is 4.79 Å². The summed E-state index contributed by atoms with van der Waals surface area (Å²) in [6, 6.07) is 14.5. The Morgan fingerprint density at radius 1 is 1.20 bits per heavy atom. The van der Waals surface area contributed by atoms with Crippen LogP contribution >= 0.6 is 35.8 Å². The van der Waals surface area contributed by atoms with Gasteiger partial charge < -0.3 is 10.1 Å². The van der Waals surface area contributed by atoms with Gasteiger partial charge in [-0.2, -0.15) is 5.26 Å². The predicted octanol–water partition coefficient (Wildman–Crippen LogP) is 6.57. The molecule has 0 radical (unpaired) electrons. The molecule has 4 nitrogen and oxygen atoms in total. The molecule has 0 aromatic heterocycles. The van der Waals surface area contributed by atoms with Crippen LogP contribution in [0.4, 0.5) is 10.1 Å². The van der Waals surface area contributed by atoms with Gasteiger partial charge in [-0.1, -0.05) is 35.3 Å². The number of nitrogens with one attached hydrogen (secondary N) is 1. The molecule has 0 aliphatic rings. The topological polar surface area (TPSA) is 62.1 Å². The minimum atomic E-state index is -0.666. The third kappa shape index (κ3) is 5.25. The quantitative estimate of drug-likeness (QED) is 0.422. The smallest absolute Gasteiger partial charge is 0.228 e. The van der Waals surface area contributed by atoms with E-state index in [1.165, 1.54) is 24.3 Å². The van der Waals surface area contributed by atoms with Crippen LogP contribution < -0.4 is 10.1 Å². The van der Waals surface area contributed by atoms with Gasteiger partial charge in [-0.05, 0) is 48.9 Å². The highest BCUT2D eigenvalue weighted by Crippen LogP contribution is 2.32. The molecule has 0 atom stereocenters. The fraction of sp³-hybridized carbons (Fsp3) is 0.0909. The van der Waals surface area contributed by atoms with Gasteiger partial charge in [0, 0.05) is 15.5 Å². The molecule has 0 saturated carbocycles. The van der Waals surface area contributed by atoms with Crippen LogP contribution in [0.1, 0.15) is 16.7 Å². The first-order chi connectivity index (χ1) is 14.3. The van der Waals surface area contributed by atoms with Crippen LogP contribution in [0.2, 0.25) is 10.0 Å². The Morgan fingerprint density at radius 3 is 2.67 bits per heavy atom. The van der Waals surface area contributed by atoms with E-state index < -0.39 is 11.7 Å². The van der Waals surface area contributed by atoms with E-state index >= 15 is 4.39 Å². The van der Waals surface area contributed by atoms with Crippen molar-refractivity contribution in [1.29, 1.82) is 5.26 Å². The highest BCUT2D eigenvalue weighted by atomic mass is 35.5. The molecule has 0 spiro atoms. The monoisotopic (exact) mass is 460 g/mol. The number of aryl methyl sites for hydroxylation is 1. The van der Waals surface area contributed by atoms with Gasteiger partial charge in [0.15, 0.2) is 11.6 Å². The third-order valence-corrected chi connectivity index (χ3v) is 4.98. The Kier molecular flexibility index (Phi) is 6.88. The molecule has 30 heavy (non-hydrogen) atoms. The van der Waals surface area contributed by atoms with Crippen LogP contribution in [0.25, 0.3) is 0 Å². The van der Waals surface area contributed by atoms with Gasteiger partial charge in [0.25, 0.3) is 0 Å². The molecule has 0 fully saturated rings. The number of ether oxygens (including phenoxy) is 1. The number of carbonyl (C=O) groups excluding carboxylic acids is 1. The largest absolute Gasteiger partial charge is 0.454 e. The third-order valence-electron chi connectivity index (χ3n) is 4.17. The maximum absolute atomic E-state index is 15.1. The number of carbonyl (C=O) groups is 1. The summed E-state index contributed by atoms with van der Waals surface area (Å²) >= 11 is 16.3. The number of amides is 1. The lowest BCUT2D eigenvalue weighted by Crippen LogP contribution is -2.16. The standard InChI is InChI=1S/C22H15Cl2FN2O2S/c1-12-2-3-14(8-20(28)27-19-5-4-17(30)10-18(19)24)21(25)22(12)29-16-7-13(11-26)6-15(23)9-16/h2-7,9-10,30H,8H2,1H3,(H,27,28). The average molecular weight is 461 g/mol. The number of benzene rings is 3. The van der Waals surface area contributed by atoms with Gasteiger partial charge in [-0.25, -0.2) is 4.39 Å². The lowest BCUT2D eigenvalue weighted by atomic mass is 10.1. The van der Waals surface area contributed by atoms with Gasteiger partial charge in [-0.15, -0.1) is 12.6 Å². The van der Waals surface area contributed by atoms with Crippen LogP contribution in [0.5, 0.6) is 11.5 Å². The van der Waals surface area contributed by atoms with E-state index in [1.54, 1.807) is 31.2 Å². The molecule has 152 valence electrons. The van der Waals surface area contributed by atoms with E-state index in [2.05, 4.69) is 17.9 Å². The number of nitriles is 1. The van der Waals surface area contributed by atoms with Crippen molar-refractivity contribution in [3.63, 3.8) is 0 Å². The lowest BCUT2D eigenvalue weighted by Gasteiger charge is -2.14. The summed E-state index contributed by atoms with van der Waals surface area (Å²) in [5.74, 6) is -0.919. The Labute approximate surface area is 188 Å². The molecule has 0 unspecified atom stereocenters. The second-order valence-corrected chi connectivity index (χ2v) is 7.82. The lowest BCUT2D eigenvalue weighted by molar-refractivity contribution is -0.115. The molecular weight excluding hydrogens is 446 g/mol. The first-order valence-corrected chi connectivity index (χ1v) is 9.92. The summed E-state index contributed by atoms with van der Waals surface area (Å²) in [6.45, 7) is 1.68. The molecule has 0 bridgehead atoms. The molecular formula is C22H15Cl2FN2O2S. The Hall–Kier alpha value is -2.72. The molecule has 1 amide bonds. The number of anilines is 1. The number of halogens is 3. The maximum Gasteiger partial charge on any atom is 0.228 e. The summed E-state index contributed by atoms with van der Waals surface area (Å²) in [5.41, 5.74) is 1.38.